The van der Waals surface area contributed by atoms with E-state index in [0.717, 1.165) is 11.1 Å². The lowest BCUT2D eigenvalue weighted by Gasteiger charge is -2.13. The normalized spacial score (nSPS) is 11.9. The number of carbonyl (C=O) groups excluding carboxylic acids is 1. The molecule has 1 unspecified atom stereocenters. The van der Waals surface area contributed by atoms with Crippen LogP contribution in [0.1, 0.15) is 11.1 Å². The van der Waals surface area contributed by atoms with Gasteiger partial charge in [0, 0.05) is 19.6 Å². The Bertz CT molecular complexity index is 605. The number of aliphatic hydroxyl groups excluding tert-OH is 1. The van der Waals surface area contributed by atoms with Crippen LogP contribution < -0.4 is 10.6 Å². The Labute approximate surface area is 149 Å². The molecule has 0 aliphatic heterocycles. The Morgan fingerprint density at radius 3 is 2.28 bits per heavy atom. The summed E-state index contributed by atoms with van der Waals surface area (Å²) in [5.74, 6) is -0.000238. The number of carbonyl (C=O) groups is 1. The maximum absolute atomic E-state index is 11.8. The maximum Gasteiger partial charge on any atom is 0.224 e. The molecule has 1 atom stereocenters. The molecule has 0 spiro atoms. The van der Waals surface area contributed by atoms with Gasteiger partial charge in [0.2, 0.25) is 5.91 Å². The van der Waals surface area contributed by atoms with Crippen LogP contribution in [-0.2, 0) is 22.6 Å². The molecule has 0 fully saturated rings. The van der Waals surface area contributed by atoms with Gasteiger partial charge in [0.25, 0.3) is 0 Å². The first-order valence-electron chi connectivity index (χ1n) is 8.55. The Kier molecular flexibility index (Phi) is 8.69. The van der Waals surface area contributed by atoms with E-state index in [-0.39, 0.29) is 12.5 Å². The average Bonchev–Trinajstić information content (AvgIpc) is 2.63. The van der Waals surface area contributed by atoms with E-state index in [1.807, 2.05) is 60.7 Å². The Hall–Kier alpha value is -2.21. The van der Waals surface area contributed by atoms with Gasteiger partial charge in [0.05, 0.1) is 25.7 Å². The summed E-state index contributed by atoms with van der Waals surface area (Å²) >= 11 is 0. The molecule has 134 valence electrons. The smallest absolute Gasteiger partial charge is 0.224 e. The monoisotopic (exact) mass is 342 g/mol. The molecule has 0 aromatic heterocycles. The summed E-state index contributed by atoms with van der Waals surface area (Å²) in [4.78, 5) is 11.8. The Balaban J connectivity index is 1.47. The fraction of sp³-hybridized carbons (Fsp3) is 0.350. The molecule has 25 heavy (non-hydrogen) atoms. The zero-order valence-electron chi connectivity index (χ0n) is 14.4. The zero-order chi connectivity index (χ0) is 17.7. The minimum atomic E-state index is -0.566. The van der Waals surface area contributed by atoms with E-state index >= 15 is 0 Å². The second kappa shape index (κ2) is 11.4. The second-order valence-corrected chi connectivity index (χ2v) is 5.87. The van der Waals surface area contributed by atoms with Crippen LogP contribution in [-0.4, -0.2) is 43.4 Å². The van der Waals surface area contributed by atoms with E-state index < -0.39 is 6.10 Å². The van der Waals surface area contributed by atoms with Gasteiger partial charge in [0.1, 0.15) is 0 Å². The van der Waals surface area contributed by atoms with Crippen LogP contribution in [0.15, 0.2) is 60.7 Å². The van der Waals surface area contributed by atoms with E-state index in [1.54, 1.807) is 0 Å². The van der Waals surface area contributed by atoms with E-state index in [1.165, 1.54) is 0 Å². The highest BCUT2D eigenvalue weighted by molar-refractivity contribution is 5.78. The molecule has 2 aromatic carbocycles. The van der Waals surface area contributed by atoms with Crippen LogP contribution in [0.3, 0.4) is 0 Å². The number of benzene rings is 2. The van der Waals surface area contributed by atoms with Crippen molar-refractivity contribution in [2.75, 3.05) is 26.2 Å². The van der Waals surface area contributed by atoms with Gasteiger partial charge < -0.3 is 20.5 Å². The third-order valence-corrected chi connectivity index (χ3v) is 3.63. The number of amides is 1. The fourth-order valence-electron chi connectivity index (χ4n) is 2.35. The van der Waals surface area contributed by atoms with Crippen molar-refractivity contribution >= 4 is 5.91 Å². The second-order valence-electron chi connectivity index (χ2n) is 5.87. The predicted octanol–water partition coefficient (Wildman–Crippen LogP) is 1.51. The number of hydrogen-bond acceptors (Lipinski definition) is 4. The van der Waals surface area contributed by atoms with Crippen LogP contribution in [0.5, 0.6) is 0 Å². The van der Waals surface area contributed by atoms with E-state index in [0.29, 0.717) is 32.7 Å². The highest BCUT2D eigenvalue weighted by atomic mass is 16.5. The van der Waals surface area contributed by atoms with E-state index in [2.05, 4.69) is 10.6 Å². The SMILES string of the molecule is O=C(Cc1ccccc1)NCCNCC(O)COCc1ccccc1. The topological polar surface area (TPSA) is 70.6 Å². The summed E-state index contributed by atoms with van der Waals surface area (Å²) < 4.78 is 5.48. The number of nitrogens with one attached hydrogen (secondary N) is 2. The molecule has 0 saturated carbocycles. The molecule has 2 rings (SSSR count). The van der Waals surface area contributed by atoms with Gasteiger partial charge in [-0.2, -0.15) is 0 Å². The van der Waals surface area contributed by atoms with Crippen molar-refractivity contribution < 1.29 is 14.6 Å². The standard InChI is InChI=1S/C20H26N2O3/c23-19(16-25-15-18-9-5-2-6-10-18)14-21-11-12-22-20(24)13-17-7-3-1-4-8-17/h1-10,19,21,23H,11-16H2,(H,22,24). The molecule has 0 saturated heterocycles. The summed E-state index contributed by atoms with van der Waals surface area (Å²) in [5, 5.41) is 15.8. The molecule has 0 radical (unpaired) electrons. The van der Waals surface area contributed by atoms with Crippen LogP contribution in [0.4, 0.5) is 0 Å². The van der Waals surface area contributed by atoms with Gasteiger partial charge in [-0.25, -0.2) is 0 Å². The van der Waals surface area contributed by atoms with E-state index in [9.17, 15) is 9.90 Å². The quantitative estimate of drug-likeness (QED) is 0.542. The van der Waals surface area contributed by atoms with Gasteiger partial charge in [-0.15, -0.1) is 0 Å². The van der Waals surface area contributed by atoms with Gasteiger partial charge >= 0.3 is 0 Å². The third kappa shape index (κ3) is 8.44. The predicted molar refractivity (Wildman–Crippen MR) is 98.1 cm³/mol. The molecule has 5 nitrogen and oxygen atoms in total. The van der Waals surface area contributed by atoms with Crippen molar-refractivity contribution in [3.8, 4) is 0 Å². The van der Waals surface area contributed by atoms with Crippen molar-refractivity contribution in [2.45, 2.75) is 19.1 Å². The molecular weight excluding hydrogens is 316 g/mol. The molecule has 3 N–H and O–H groups in total. The summed E-state index contributed by atoms with van der Waals surface area (Å²) in [6.45, 7) is 2.35. The number of ether oxygens (including phenoxy) is 1. The van der Waals surface area contributed by atoms with Crippen LogP contribution in [0.2, 0.25) is 0 Å². The van der Waals surface area contributed by atoms with Crippen LogP contribution in [0.25, 0.3) is 0 Å². The minimum Gasteiger partial charge on any atom is -0.389 e. The molecule has 2 aromatic rings. The van der Waals surface area contributed by atoms with E-state index in [4.69, 9.17) is 4.74 Å². The van der Waals surface area contributed by atoms with Gasteiger partial charge in [-0.1, -0.05) is 60.7 Å². The van der Waals surface area contributed by atoms with Crippen molar-refractivity contribution in [3.05, 3.63) is 71.8 Å². The fourth-order valence-corrected chi connectivity index (χ4v) is 2.35. The van der Waals surface area contributed by atoms with Crippen molar-refractivity contribution in [2.24, 2.45) is 0 Å². The molecule has 0 bridgehead atoms. The van der Waals surface area contributed by atoms with Gasteiger partial charge in [0.15, 0.2) is 0 Å². The number of rotatable bonds is 11. The van der Waals surface area contributed by atoms with Gasteiger partial charge in [-0.3, -0.25) is 4.79 Å². The summed E-state index contributed by atoms with van der Waals surface area (Å²) in [7, 11) is 0. The average molecular weight is 342 g/mol. The lowest BCUT2D eigenvalue weighted by Crippen LogP contribution is -2.37. The zero-order valence-corrected chi connectivity index (χ0v) is 14.4. The Morgan fingerprint density at radius 1 is 0.960 bits per heavy atom. The lowest BCUT2D eigenvalue weighted by molar-refractivity contribution is -0.120. The molecule has 5 heteroatoms. The maximum atomic E-state index is 11.8. The van der Waals surface area contributed by atoms with Crippen molar-refractivity contribution in [1.82, 2.24) is 10.6 Å². The van der Waals surface area contributed by atoms with Crippen LogP contribution >= 0.6 is 0 Å². The molecule has 0 aliphatic rings. The summed E-state index contributed by atoms with van der Waals surface area (Å²) in [5.41, 5.74) is 2.09. The highest BCUT2D eigenvalue weighted by Crippen LogP contribution is 2.01. The molecule has 1 amide bonds. The molecule has 0 aliphatic carbocycles. The largest absolute Gasteiger partial charge is 0.389 e. The van der Waals surface area contributed by atoms with Crippen molar-refractivity contribution in [3.63, 3.8) is 0 Å². The minimum absolute atomic E-state index is 0.000238. The first kappa shape index (κ1) is 19.1. The Morgan fingerprint density at radius 2 is 1.60 bits per heavy atom. The first-order chi connectivity index (χ1) is 12.2. The summed E-state index contributed by atoms with van der Waals surface area (Å²) in [6, 6.07) is 19.5. The molecular formula is C20H26N2O3. The number of hydrogen-bond donors (Lipinski definition) is 3. The highest BCUT2D eigenvalue weighted by Gasteiger charge is 2.05. The summed E-state index contributed by atoms with van der Waals surface area (Å²) in [6.07, 6.45) is -0.180. The van der Waals surface area contributed by atoms with Gasteiger partial charge in [-0.05, 0) is 11.1 Å². The first-order valence-corrected chi connectivity index (χ1v) is 8.55. The lowest BCUT2D eigenvalue weighted by atomic mass is 10.1. The molecule has 0 heterocycles. The third-order valence-electron chi connectivity index (χ3n) is 3.63. The van der Waals surface area contributed by atoms with Crippen LogP contribution in [0, 0.1) is 0 Å². The number of aliphatic hydroxyl groups is 1. The van der Waals surface area contributed by atoms with Crippen molar-refractivity contribution in [1.29, 1.82) is 0 Å².